The molecule has 1 amide bonds. The molecular formula is C15H29N3O. The molecule has 2 bridgehead atoms. The van der Waals surface area contributed by atoms with Crippen LogP contribution in [0.15, 0.2) is 0 Å². The smallest absolute Gasteiger partial charge is 0.237 e. The lowest BCUT2D eigenvalue weighted by Gasteiger charge is -2.36. The van der Waals surface area contributed by atoms with Crippen LogP contribution in [-0.2, 0) is 4.79 Å². The van der Waals surface area contributed by atoms with Gasteiger partial charge in [0, 0.05) is 18.6 Å². The molecule has 19 heavy (non-hydrogen) atoms. The fraction of sp³-hybridized carbons (Fsp3) is 0.933. The molecule has 0 aromatic rings. The topological polar surface area (TPSA) is 58.4 Å². The van der Waals surface area contributed by atoms with E-state index in [-0.39, 0.29) is 11.3 Å². The van der Waals surface area contributed by atoms with Crippen LogP contribution in [-0.4, -0.2) is 42.5 Å². The molecular weight excluding hydrogens is 238 g/mol. The number of piperidine rings is 1. The lowest BCUT2D eigenvalue weighted by atomic mass is 9.86. The maximum absolute atomic E-state index is 12.0. The second-order valence-corrected chi connectivity index (χ2v) is 7.48. The minimum Gasteiger partial charge on any atom is -0.354 e. The predicted molar refractivity (Wildman–Crippen MR) is 77.7 cm³/mol. The Morgan fingerprint density at radius 3 is 2.32 bits per heavy atom. The first-order chi connectivity index (χ1) is 8.79. The van der Waals surface area contributed by atoms with Gasteiger partial charge in [-0.25, -0.2) is 0 Å². The average Bonchev–Trinajstić information content (AvgIpc) is 2.56. The van der Waals surface area contributed by atoms with Gasteiger partial charge in [-0.05, 0) is 44.1 Å². The van der Waals surface area contributed by atoms with Crippen LogP contribution in [0.4, 0.5) is 0 Å². The van der Waals surface area contributed by atoms with E-state index in [1.807, 2.05) is 20.8 Å². The van der Waals surface area contributed by atoms with E-state index < -0.39 is 6.04 Å². The van der Waals surface area contributed by atoms with E-state index in [2.05, 4.69) is 17.3 Å². The van der Waals surface area contributed by atoms with E-state index in [1.165, 1.54) is 25.7 Å². The van der Waals surface area contributed by atoms with Gasteiger partial charge in [-0.15, -0.1) is 0 Å². The molecule has 0 spiro atoms. The van der Waals surface area contributed by atoms with Crippen molar-refractivity contribution in [2.75, 3.05) is 13.6 Å². The predicted octanol–water partition coefficient (Wildman–Crippen LogP) is 1.35. The molecule has 3 atom stereocenters. The third kappa shape index (κ3) is 3.29. The summed E-state index contributed by atoms with van der Waals surface area (Å²) in [5.41, 5.74) is 5.81. The number of hydrogen-bond acceptors (Lipinski definition) is 3. The molecule has 0 saturated carbocycles. The Kier molecular flexibility index (Phi) is 4.21. The molecule has 0 aromatic carbocycles. The first-order valence-corrected chi connectivity index (χ1v) is 7.54. The third-order valence-electron chi connectivity index (χ3n) is 4.98. The van der Waals surface area contributed by atoms with Crippen molar-refractivity contribution in [1.29, 1.82) is 0 Å². The van der Waals surface area contributed by atoms with Gasteiger partial charge in [-0.1, -0.05) is 20.8 Å². The number of nitrogens with zero attached hydrogens (tertiary/aromatic N) is 1. The number of fused-ring (bicyclic) bond motifs is 2. The molecule has 4 heteroatoms. The molecule has 3 unspecified atom stereocenters. The highest BCUT2D eigenvalue weighted by Gasteiger charge is 2.38. The summed E-state index contributed by atoms with van der Waals surface area (Å²) < 4.78 is 0. The lowest BCUT2D eigenvalue weighted by molar-refractivity contribution is -0.124. The van der Waals surface area contributed by atoms with Gasteiger partial charge in [0.15, 0.2) is 0 Å². The highest BCUT2D eigenvalue weighted by Crippen LogP contribution is 2.37. The van der Waals surface area contributed by atoms with E-state index in [0.29, 0.717) is 5.92 Å². The minimum absolute atomic E-state index is 0.00113. The van der Waals surface area contributed by atoms with Crippen molar-refractivity contribution in [1.82, 2.24) is 10.2 Å². The first-order valence-electron chi connectivity index (χ1n) is 7.54. The standard InChI is InChI=1S/C15H29N3O/c1-15(2,3)13(16)14(19)17-9-10-7-11-5-6-12(8-10)18(11)4/h10-13H,5-9,16H2,1-4H3,(H,17,19). The van der Waals surface area contributed by atoms with Crippen LogP contribution in [0.3, 0.4) is 0 Å². The quantitative estimate of drug-likeness (QED) is 0.811. The molecule has 2 aliphatic rings. The molecule has 2 fully saturated rings. The Labute approximate surface area is 117 Å². The van der Waals surface area contributed by atoms with Crippen LogP contribution >= 0.6 is 0 Å². The van der Waals surface area contributed by atoms with Crippen molar-refractivity contribution in [2.45, 2.75) is 64.6 Å². The fourth-order valence-corrected chi connectivity index (χ4v) is 3.44. The van der Waals surface area contributed by atoms with Crippen LogP contribution < -0.4 is 11.1 Å². The fourth-order valence-electron chi connectivity index (χ4n) is 3.44. The Morgan fingerprint density at radius 2 is 1.84 bits per heavy atom. The Morgan fingerprint density at radius 1 is 1.32 bits per heavy atom. The molecule has 0 radical (unpaired) electrons. The summed E-state index contributed by atoms with van der Waals surface area (Å²) in [5, 5.41) is 3.06. The third-order valence-corrected chi connectivity index (χ3v) is 4.98. The van der Waals surface area contributed by atoms with E-state index in [1.54, 1.807) is 0 Å². The zero-order valence-corrected chi connectivity index (χ0v) is 12.8. The summed E-state index contributed by atoms with van der Waals surface area (Å²) in [6, 6.07) is 1.05. The number of nitrogens with one attached hydrogen (secondary N) is 1. The summed E-state index contributed by atoms with van der Waals surface area (Å²) in [5.74, 6) is 0.628. The number of amides is 1. The minimum atomic E-state index is -0.421. The van der Waals surface area contributed by atoms with E-state index in [0.717, 1.165) is 18.6 Å². The van der Waals surface area contributed by atoms with Crippen molar-refractivity contribution in [3.63, 3.8) is 0 Å². The maximum Gasteiger partial charge on any atom is 0.237 e. The monoisotopic (exact) mass is 267 g/mol. The van der Waals surface area contributed by atoms with Gasteiger partial charge in [-0.3, -0.25) is 4.79 Å². The number of rotatable bonds is 3. The Hall–Kier alpha value is -0.610. The van der Waals surface area contributed by atoms with Crippen molar-refractivity contribution >= 4 is 5.91 Å². The van der Waals surface area contributed by atoms with Gasteiger partial charge in [0.1, 0.15) is 0 Å². The van der Waals surface area contributed by atoms with Crippen LogP contribution in [0.25, 0.3) is 0 Å². The van der Waals surface area contributed by atoms with Crippen LogP contribution in [0.5, 0.6) is 0 Å². The second kappa shape index (κ2) is 5.41. The molecule has 0 aliphatic carbocycles. The molecule has 3 N–H and O–H groups in total. The summed E-state index contributed by atoms with van der Waals surface area (Å²) in [4.78, 5) is 14.6. The van der Waals surface area contributed by atoms with E-state index in [9.17, 15) is 4.79 Å². The summed E-state index contributed by atoms with van der Waals surface area (Å²) in [6.45, 7) is 6.82. The van der Waals surface area contributed by atoms with Crippen molar-refractivity contribution in [3.8, 4) is 0 Å². The summed E-state index contributed by atoms with van der Waals surface area (Å²) in [6.07, 6.45) is 5.09. The van der Waals surface area contributed by atoms with Crippen LogP contribution in [0.1, 0.15) is 46.5 Å². The molecule has 2 saturated heterocycles. The normalized spacial score (nSPS) is 33.2. The molecule has 2 aliphatic heterocycles. The molecule has 0 aromatic heterocycles. The SMILES string of the molecule is CN1C2CCC1CC(CNC(=O)C(N)C(C)(C)C)C2. The highest BCUT2D eigenvalue weighted by atomic mass is 16.2. The molecule has 2 rings (SSSR count). The highest BCUT2D eigenvalue weighted by molar-refractivity contribution is 5.82. The van der Waals surface area contributed by atoms with Gasteiger partial charge in [0.05, 0.1) is 6.04 Å². The van der Waals surface area contributed by atoms with Gasteiger partial charge in [0.25, 0.3) is 0 Å². The zero-order chi connectivity index (χ0) is 14.2. The van der Waals surface area contributed by atoms with Gasteiger partial charge < -0.3 is 16.0 Å². The van der Waals surface area contributed by atoms with Crippen LogP contribution in [0, 0.1) is 11.3 Å². The molecule has 2 heterocycles. The summed E-state index contributed by atoms with van der Waals surface area (Å²) in [7, 11) is 2.24. The van der Waals surface area contributed by atoms with Gasteiger partial charge >= 0.3 is 0 Å². The van der Waals surface area contributed by atoms with E-state index >= 15 is 0 Å². The first kappa shape index (κ1) is 14.8. The van der Waals surface area contributed by atoms with Gasteiger partial charge in [0.2, 0.25) is 5.91 Å². The number of carbonyl (C=O) groups excluding carboxylic acids is 1. The summed E-state index contributed by atoms with van der Waals surface area (Å²) >= 11 is 0. The average molecular weight is 267 g/mol. The largest absolute Gasteiger partial charge is 0.354 e. The van der Waals surface area contributed by atoms with Crippen LogP contribution in [0.2, 0.25) is 0 Å². The van der Waals surface area contributed by atoms with Crippen molar-refractivity contribution in [2.24, 2.45) is 17.1 Å². The van der Waals surface area contributed by atoms with E-state index in [4.69, 9.17) is 5.73 Å². The van der Waals surface area contributed by atoms with Crippen molar-refractivity contribution in [3.05, 3.63) is 0 Å². The lowest BCUT2D eigenvalue weighted by Crippen LogP contribution is -2.50. The second-order valence-electron chi connectivity index (χ2n) is 7.48. The Bertz CT molecular complexity index is 323. The number of hydrogen-bond donors (Lipinski definition) is 2. The molecule has 110 valence electrons. The van der Waals surface area contributed by atoms with Gasteiger partial charge in [-0.2, -0.15) is 0 Å². The Balaban J connectivity index is 1.79. The number of carbonyl (C=O) groups is 1. The molecule has 4 nitrogen and oxygen atoms in total. The zero-order valence-electron chi connectivity index (χ0n) is 12.8. The van der Waals surface area contributed by atoms with Crippen molar-refractivity contribution < 1.29 is 4.79 Å². The maximum atomic E-state index is 12.0. The number of nitrogens with two attached hydrogens (primary N) is 1.